The molecule has 0 radical (unpaired) electrons. The lowest BCUT2D eigenvalue weighted by atomic mass is 9.88. The van der Waals surface area contributed by atoms with Crippen LogP contribution in [0.15, 0.2) is 67.1 Å². The second kappa shape index (κ2) is 9.74. The van der Waals surface area contributed by atoms with E-state index in [9.17, 15) is 10.1 Å². The van der Waals surface area contributed by atoms with Crippen molar-refractivity contribution in [2.24, 2.45) is 5.92 Å². The Bertz CT molecular complexity index is 1630. The molecule has 2 aromatic heterocycles. The van der Waals surface area contributed by atoms with E-state index in [-0.39, 0.29) is 11.8 Å². The van der Waals surface area contributed by atoms with Crippen molar-refractivity contribution in [3.05, 3.63) is 83.9 Å². The lowest BCUT2D eigenvalue weighted by Gasteiger charge is -2.16. The highest BCUT2D eigenvalue weighted by Crippen LogP contribution is 2.43. The second-order valence-electron chi connectivity index (χ2n) is 11.4. The first-order chi connectivity index (χ1) is 18.8. The number of hydrogen-bond acceptors (Lipinski definition) is 5. The summed E-state index contributed by atoms with van der Waals surface area (Å²) < 4.78 is 0. The molecule has 1 amide bonds. The van der Waals surface area contributed by atoms with Crippen LogP contribution < -0.4 is 5.32 Å². The fraction of sp³-hybridized carbons (Fsp3) is 0.303. The summed E-state index contributed by atoms with van der Waals surface area (Å²) in [7, 11) is 0. The molecule has 4 aromatic rings. The van der Waals surface area contributed by atoms with E-state index >= 15 is 0 Å². The smallest absolute Gasteiger partial charge is 0.228 e. The molecule has 0 atom stereocenters. The molecule has 0 saturated heterocycles. The van der Waals surface area contributed by atoms with Crippen LogP contribution in [0.1, 0.15) is 62.3 Å². The number of carbonyl (C=O) groups excluding carboxylic acids is 1. The molecule has 0 spiro atoms. The van der Waals surface area contributed by atoms with Gasteiger partial charge in [0.1, 0.15) is 12.1 Å². The van der Waals surface area contributed by atoms with Gasteiger partial charge in [-0.3, -0.25) is 9.78 Å². The number of nitrogens with one attached hydrogen (secondary N) is 1. The number of benzene rings is 2. The zero-order valence-corrected chi connectivity index (χ0v) is 22.5. The number of aromatic nitrogens is 3. The SMILES string of the molecule is Cc1ccc(-c2ccnc(C(C)(C)C#N)c2)cc1-c1cc(-c2cc(NC(=O)C3CC3)ncn2)cc(C2CC2)c1. The van der Waals surface area contributed by atoms with E-state index < -0.39 is 5.41 Å². The predicted octanol–water partition coefficient (Wildman–Crippen LogP) is 7.21. The van der Waals surface area contributed by atoms with Crippen molar-refractivity contribution in [1.82, 2.24) is 15.0 Å². The quantitative estimate of drug-likeness (QED) is 0.282. The standard InChI is InChI=1S/C33H31N5O/c1-20-4-5-23(24-10-11-35-30(16-24)33(2,3)18-34)15-28(20)26-12-25(21-6-7-21)13-27(14-26)29-17-31(37-19-36-29)38-32(39)22-8-9-22/h4-5,10-17,19,21-22H,6-9H2,1-3H3,(H,36,37,38,39). The molecule has 6 rings (SSSR count). The number of rotatable bonds is 7. The molecule has 2 heterocycles. The molecule has 0 unspecified atom stereocenters. The van der Waals surface area contributed by atoms with E-state index in [1.54, 1.807) is 6.20 Å². The summed E-state index contributed by atoms with van der Waals surface area (Å²) in [5.74, 6) is 1.27. The molecular weight excluding hydrogens is 482 g/mol. The number of aryl methyl sites for hydroxylation is 1. The zero-order chi connectivity index (χ0) is 27.1. The molecule has 0 aliphatic heterocycles. The van der Waals surface area contributed by atoms with Crippen molar-refractivity contribution in [3.8, 4) is 39.6 Å². The van der Waals surface area contributed by atoms with Gasteiger partial charge in [0.2, 0.25) is 5.91 Å². The number of carbonyl (C=O) groups is 1. The Kier molecular flexibility index (Phi) is 6.23. The molecule has 2 aliphatic rings. The Hall–Kier alpha value is -4.37. The maximum absolute atomic E-state index is 12.3. The van der Waals surface area contributed by atoms with Crippen LogP contribution in [-0.2, 0) is 10.2 Å². The van der Waals surface area contributed by atoms with Crippen LogP contribution in [0.2, 0.25) is 0 Å². The summed E-state index contributed by atoms with van der Waals surface area (Å²) in [6.07, 6.45) is 7.60. The minimum atomic E-state index is -0.661. The van der Waals surface area contributed by atoms with Gasteiger partial charge in [-0.1, -0.05) is 18.2 Å². The van der Waals surface area contributed by atoms with Gasteiger partial charge in [0.05, 0.1) is 22.9 Å². The van der Waals surface area contributed by atoms with Crippen molar-refractivity contribution >= 4 is 11.7 Å². The summed E-state index contributed by atoms with van der Waals surface area (Å²) in [4.78, 5) is 25.6. The Labute approximate surface area is 229 Å². The van der Waals surface area contributed by atoms with Gasteiger partial charge < -0.3 is 5.32 Å². The Balaban J connectivity index is 1.40. The Morgan fingerprint density at radius 2 is 1.67 bits per heavy atom. The van der Waals surface area contributed by atoms with E-state index in [0.717, 1.165) is 52.0 Å². The highest BCUT2D eigenvalue weighted by atomic mass is 16.2. The van der Waals surface area contributed by atoms with Crippen LogP contribution in [0.5, 0.6) is 0 Å². The molecule has 1 N–H and O–H groups in total. The molecular formula is C33H31N5O. The van der Waals surface area contributed by atoms with Gasteiger partial charge in [0.15, 0.2) is 0 Å². The lowest BCUT2D eigenvalue weighted by molar-refractivity contribution is -0.117. The lowest BCUT2D eigenvalue weighted by Crippen LogP contribution is -2.15. The topological polar surface area (TPSA) is 91.6 Å². The Morgan fingerprint density at radius 3 is 2.41 bits per heavy atom. The van der Waals surface area contributed by atoms with Crippen LogP contribution in [0.3, 0.4) is 0 Å². The minimum absolute atomic E-state index is 0.0388. The van der Waals surface area contributed by atoms with Crippen LogP contribution >= 0.6 is 0 Å². The number of pyridine rings is 1. The normalized spacial score (nSPS) is 15.0. The fourth-order valence-electron chi connectivity index (χ4n) is 4.89. The highest BCUT2D eigenvalue weighted by molar-refractivity contribution is 5.93. The average Bonchev–Trinajstić information content (AvgIpc) is 3.86. The molecule has 0 bridgehead atoms. The van der Waals surface area contributed by atoms with Gasteiger partial charge in [0.25, 0.3) is 0 Å². The van der Waals surface area contributed by atoms with Crippen molar-refractivity contribution in [2.45, 2.75) is 57.8 Å². The monoisotopic (exact) mass is 513 g/mol. The summed E-state index contributed by atoms with van der Waals surface area (Å²) in [5.41, 5.74) is 8.83. The van der Waals surface area contributed by atoms with E-state index in [0.29, 0.717) is 11.7 Å². The molecule has 39 heavy (non-hydrogen) atoms. The predicted molar refractivity (Wildman–Crippen MR) is 153 cm³/mol. The van der Waals surface area contributed by atoms with Crippen molar-refractivity contribution in [3.63, 3.8) is 0 Å². The Morgan fingerprint density at radius 1 is 0.897 bits per heavy atom. The van der Waals surface area contributed by atoms with Crippen molar-refractivity contribution in [1.29, 1.82) is 5.26 Å². The zero-order valence-electron chi connectivity index (χ0n) is 22.5. The van der Waals surface area contributed by atoms with Gasteiger partial charge >= 0.3 is 0 Å². The fourth-order valence-corrected chi connectivity index (χ4v) is 4.89. The number of nitrogens with zero attached hydrogens (tertiary/aromatic N) is 4. The van der Waals surface area contributed by atoms with Gasteiger partial charge in [-0.2, -0.15) is 5.26 Å². The average molecular weight is 514 g/mol. The molecule has 194 valence electrons. The van der Waals surface area contributed by atoms with E-state index in [1.807, 2.05) is 32.0 Å². The van der Waals surface area contributed by atoms with Gasteiger partial charge in [0, 0.05) is 23.7 Å². The van der Waals surface area contributed by atoms with Crippen LogP contribution in [-0.4, -0.2) is 20.9 Å². The third-order valence-electron chi connectivity index (χ3n) is 7.73. The summed E-state index contributed by atoms with van der Waals surface area (Å²) in [6, 6.07) is 21.5. The molecule has 2 aliphatic carbocycles. The third kappa shape index (κ3) is 5.31. The minimum Gasteiger partial charge on any atom is -0.310 e. The van der Waals surface area contributed by atoms with E-state index in [1.165, 1.54) is 30.3 Å². The van der Waals surface area contributed by atoms with Crippen molar-refractivity contribution in [2.75, 3.05) is 5.32 Å². The summed E-state index contributed by atoms with van der Waals surface area (Å²) in [5, 5.41) is 12.6. The molecule has 6 nitrogen and oxygen atoms in total. The maximum atomic E-state index is 12.3. The number of anilines is 1. The number of nitriles is 1. The summed E-state index contributed by atoms with van der Waals surface area (Å²) in [6.45, 7) is 5.91. The first kappa shape index (κ1) is 24.9. The first-order valence-corrected chi connectivity index (χ1v) is 13.6. The maximum Gasteiger partial charge on any atom is 0.228 e. The van der Waals surface area contributed by atoms with Gasteiger partial charge in [-0.05, 0) is 116 Å². The largest absolute Gasteiger partial charge is 0.310 e. The summed E-state index contributed by atoms with van der Waals surface area (Å²) >= 11 is 0. The van der Waals surface area contributed by atoms with Crippen molar-refractivity contribution < 1.29 is 4.79 Å². The highest BCUT2D eigenvalue weighted by Gasteiger charge is 2.30. The number of hydrogen-bond donors (Lipinski definition) is 1. The van der Waals surface area contributed by atoms with Gasteiger partial charge in [-0.25, -0.2) is 9.97 Å². The van der Waals surface area contributed by atoms with E-state index in [4.69, 9.17) is 0 Å². The van der Waals surface area contributed by atoms with Crippen LogP contribution in [0, 0.1) is 24.2 Å². The molecule has 2 aromatic carbocycles. The molecule has 2 saturated carbocycles. The second-order valence-corrected chi connectivity index (χ2v) is 11.4. The van der Waals surface area contributed by atoms with E-state index in [2.05, 4.69) is 69.7 Å². The first-order valence-electron chi connectivity index (χ1n) is 13.6. The third-order valence-corrected chi connectivity index (χ3v) is 7.73. The molecule has 6 heteroatoms. The van der Waals surface area contributed by atoms with Gasteiger partial charge in [-0.15, -0.1) is 0 Å². The van der Waals surface area contributed by atoms with Crippen LogP contribution in [0.4, 0.5) is 5.82 Å². The van der Waals surface area contributed by atoms with Crippen LogP contribution in [0.25, 0.3) is 33.5 Å². The number of amides is 1. The molecule has 2 fully saturated rings.